The Bertz CT molecular complexity index is 317. The molecular formula is C15H28O7. The number of carbonyl (C=O) groups excluding carboxylic acids is 2. The van der Waals surface area contributed by atoms with Crippen molar-refractivity contribution in [3.8, 4) is 0 Å². The van der Waals surface area contributed by atoms with Gasteiger partial charge in [0.05, 0.1) is 6.61 Å². The third-order valence-electron chi connectivity index (χ3n) is 2.75. The predicted molar refractivity (Wildman–Crippen MR) is 81.1 cm³/mol. The Hall–Kier alpha value is -1.12. The van der Waals surface area contributed by atoms with Gasteiger partial charge in [-0.2, -0.15) is 0 Å². The molecule has 0 aliphatic carbocycles. The molecule has 0 bridgehead atoms. The molecule has 0 aromatic heterocycles. The molecular weight excluding hydrogens is 292 g/mol. The fourth-order valence-corrected chi connectivity index (χ4v) is 1.38. The summed E-state index contributed by atoms with van der Waals surface area (Å²) in [6.07, 6.45) is 1.53. The summed E-state index contributed by atoms with van der Waals surface area (Å²) in [7, 11) is 0. The number of allylic oxidation sites excluding steroid dienone is 2. The van der Waals surface area contributed by atoms with E-state index in [2.05, 4.69) is 6.92 Å². The zero-order chi connectivity index (χ0) is 17.5. The van der Waals surface area contributed by atoms with Crippen molar-refractivity contribution >= 4 is 12.1 Å². The summed E-state index contributed by atoms with van der Waals surface area (Å²) in [5, 5.41) is 43.5. The molecule has 130 valence electrons. The van der Waals surface area contributed by atoms with Crippen LogP contribution in [0.25, 0.3) is 0 Å². The van der Waals surface area contributed by atoms with Crippen molar-refractivity contribution < 1.29 is 35.1 Å². The number of aliphatic hydroxyl groups excluding tert-OH is 5. The second-order valence-electron chi connectivity index (χ2n) is 4.87. The van der Waals surface area contributed by atoms with Gasteiger partial charge in [-0.15, -0.1) is 0 Å². The molecule has 22 heavy (non-hydrogen) atoms. The van der Waals surface area contributed by atoms with Gasteiger partial charge in [0, 0.05) is 0 Å². The van der Waals surface area contributed by atoms with E-state index in [1.54, 1.807) is 13.0 Å². The largest absolute Gasteiger partial charge is 0.394 e. The molecule has 0 amide bonds. The van der Waals surface area contributed by atoms with Crippen LogP contribution in [-0.4, -0.2) is 68.6 Å². The number of hydrogen-bond acceptors (Lipinski definition) is 7. The number of aldehydes is 1. The van der Waals surface area contributed by atoms with E-state index in [1.807, 2.05) is 6.08 Å². The molecule has 4 atom stereocenters. The molecule has 0 radical (unpaired) electrons. The first kappa shape index (κ1) is 23.2. The number of ketones is 1. The van der Waals surface area contributed by atoms with Gasteiger partial charge >= 0.3 is 0 Å². The Kier molecular flexibility index (Phi) is 15.6. The minimum Gasteiger partial charge on any atom is -0.394 e. The molecule has 0 rings (SSSR count). The van der Waals surface area contributed by atoms with E-state index in [9.17, 15) is 9.59 Å². The number of rotatable bonds is 10. The molecule has 5 N–H and O–H groups in total. The van der Waals surface area contributed by atoms with Crippen LogP contribution in [0.3, 0.4) is 0 Å². The fraction of sp³-hybridized carbons (Fsp3) is 0.733. The Morgan fingerprint density at radius 2 is 1.68 bits per heavy atom. The highest BCUT2D eigenvalue weighted by Crippen LogP contribution is 2.03. The molecule has 0 heterocycles. The van der Waals surface area contributed by atoms with Gasteiger partial charge in [-0.3, -0.25) is 4.79 Å². The lowest BCUT2D eigenvalue weighted by Crippen LogP contribution is -2.46. The van der Waals surface area contributed by atoms with Gasteiger partial charge in [0.15, 0.2) is 12.1 Å². The van der Waals surface area contributed by atoms with Gasteiger partial charge in [-0.1, -0.05) is 25.8 Å². The van der Waals surface area contributed by atoms with Crippen molar-refractivity contribution in [2.75, 3.05) is 6.61 Å². The second kappa shape index (κ2) is 14.8. The first-order valence-corrected chi connectivity index (χ1v) is 7.27. The van der Waals surface area contributed by atoms with Crippen LogP contribution in [0.15, 0.2) is 12.2 Å². The lowest BCUT2D eigenvalue weighted by atomic mass is 10.0. The van der Waals surface area contributed by atoms with Crippen LogP contribution in [0.2, 0.25) is 0 Å². The minimum atomic E-state index is -1.79. The highest BCUT2D eigenvalue weighted by molar-refractivity contribution is 5.87. The normalized spacial score (nSPS) is 16.3. The SMILES string of the molecule is CCCCCC=CC(C)=O.O=C[C@H](O)[C@@H](O)[C@H](O)[C@H](O)CO. The Morgan fingerprint density at radius 3 is 2.09 bits per heavy atom. The summed E-state index contributed by atoms with van der Waals surface area (Å²) in [6, 6.07) is 0. The Balaban J connectivity index is 0. The third kappa shape index (κ3) is 12.6. The highest BCUT2D eigenvalue weighted by Gasteiger charge is 2.29. The maximum absolute atomic E-state index is 10.4. The second-order valence-corrected chi connectivity index (χ2v) is 4.87. The lowest BCUT2D eigenvalue weighted by molar-refractivity contribution is -0.136. The standard InChI is InChI=1S/C9H16O.C6H12O6/c1-3-4-5-6-7-8-9(2)10;7-1-3(9)5(11)6(12)4(10)2-8/h7-8H,3-6H2,1-2H3;1,3-6,8-12H,2H2/t;3-,4+,5+,6+/m.0/s1. The average molecular weight is 320 g/mol. The van der Waals surface area contributed by atoms with E-state index in [4.69, 9.17) is 25.5 Å². The van der Waals surface area contributed by atoms with Gasteiger partial charge in [0.1, 0.15) is 24.4 Å². The molecule has 0 fully saturated rings. The molecule has 7 heteroatoms. The molecule has 0 aliphatic heterocycles. The molecule has 0 aliphatic rings. The van der Waals surface area contributed by atoms with Crippen molar-refractivity contribution in [2.24, 2.45) is 0 Å². The van der Waals surface area contributed by atoms with Crippen LogP contribution in [0.4, 0.5) is 0 Å². The first-order valence-electron chi connectivity index (χ1n) is 7.27. The summed E-state index contributed by atoms with van der Waals surface area (Å²) >= 11 is 0. The van der Waals surface area contributed by atoms with E-state index in [1.165, 1.54) is 19.3 Å². The van der Waals surface area contributed by atoms with Crippen LogP contribution in [-0.2, 0) is 9.59 Å². The summed E-state index contributed by atoms with van der Waals surface area (Å²) in [6.45, 7) is 2.99. The molecule has 0 aromatic rings. The summed E-state index contributed by atoms with van der Waals surface area (Å²) in [4.78, 5) is 20.3. The summed E-state index contributed by atoms with van der Waals surface area (Å²) in [5.41, 5.74) is 0. The number of unbranched alkanes of at least 4 members (excludes halogenated alkanes) is 3. The zero-order valence-electron chi connectivity index (χ0n) is 13.1. The Morgan fingerprint density at radius 1 is 1.09 bits per heavy atom. The van der Waals surface area contributed by atoms with Crippen LogP contribution in [0.5, 0.6) is 0 Å². The van der Waals surface area contributed by atoms with E-state index >= 15 is 0 Å². The minimum absolute atomic E-state index is 0.0258. The number of aliphatic hydroxyl groups is 5. The average Bonchev–Trinajstić information content (AvgIpc) is 2.51. The smallest absolute Gasteiger partial charge is 0.152 e. The number of hydrogen-bond donors (Lipinski definition) is 5. The van der Waals surface area contributed by atoms with Crippen LogP contribution >= 0.6 is 0 Å². The maximum atomic E-state index is 10.4. The van der Waals surface area contributed by atoms with E-state index < -0.39 is 31.0 Å². The highest BCUT2D eigenvalue weighted by atomic mass is 16.4. The number of carbonyl (C=O) groups is 2. The maximum Gasteiger partial charge on any atom is 0.152 e. The molecule has 0 spiro atoms. The van der Waals surface area contributed by atoms with Crippen LogP contribution < -0.4 is 0 Å². The molecule has 0 saturated carbocycles. The fourth-order valence-electron chi connectivity index (χ4n) is 1.38. The molecule has 0 saturated heterocycles. The third-order valence-corrected chi connectivity index (χ3v) is 2.75. The van der Waals surface area contributed by atoms with Gasteiger partial charge in [0.2, 0.25) is 0 Å². The van der Waals surface area contributed by atoms with E-state index in [0.717, 1.165) is 6.42 Å². The van der Waals surface area contributed by atoms with Crippen LogP contribution in [0, 0.1) is 0 Å². The lowest BCUT2D eigenvalue weighted by Gasteiger charge is -2.22. The monoisotopic (exact) mass is 320 g/mol. The summed E-state index contributed by atoms with van der Waals surface area (Å²) < 4.78 is 0. The Labute approximate surface area is 130 Å². The van der Waals surface area contributed by atoms with Crippen molar-refractivity contribution in [1.82, 2.24) is 0 Å². The van der Waals surface area contributed by atoms with Crippen LogP contribution in [0.1, 0.15) is 39.5 Å². The predicted octanol–water partition coefficient (Wildman–Crippen LogP) is -0.667. The van der Waals surface area contributed by atoms with Gasteiger partial charge in [-0.25, -0.2) is 0 Å². The molecule has 7 nitrogen and oxygen atoms in total. The molecule has 0 aromatic carbocycles. The van der Waals surface area contributed by atoms with Gasteiger partial charge in [0.25, 0.3) is 0 Å². The first-order chi connectivity index (χ1) is 10.3. The zero-order valence-corrected chi connectivity index (χ0v) is 13.1. The van der Waals surface area contributed by atoms with Crippen molar-refractivity contribution in [2.45, 2.75) is 63.9 Å². The summed E-state index contributed by atoms with van der Waals surface area (Å²) in [5.74, 6) is 0.150. The van der Waals surface area contributed by atoms with Gasteiger partial charge in [-0.05, 0) is 25.8 Å². The van der Waals surface area contributed by atoms with Gasteiger partial charge < -0.3 is 30.3 Å². The molecule has 0 unspecified atom stereocenters. The van der Waals surface area contributed by atoms with Crippen molar-refractivity contribution in [1.29, 1.82) is 0 Å². The quantitative estimate of drug-likeness (QED) is 0.205. The van der Waals surface area contributed by atoms with Crippen molar-refractivity contribution in [3.63, 3.8) is 0 Å². The van der Waals surface area contributed by atoms with E-state index in [-0.39, 0.29) is 12.1 Å². The topological polar surface area (TPSA) is 135 Å². The van der Waals surface area contributed by atoms with E-state index in [0.29, 0.717) is 0 Å². The van der Waals surface area contributed by atoms with Crippen molar-refractivity contribution in [3.05, 3.63) is 12.2 Å².